The lowest BCUT2D eigenvalue weighted by atomic mass is 10.0. The van der Waals surface area contributed by atoms with Crippen LogP contribution < -0.4 is 4.90 Å². The van der Waals surface area contributed by atoms with E-state index in [4.69, 9.17) is 5.26 Å². The molecular formula is C15H19F2N3. The summed E-state index contributed by atoms with van der Waals surface area (Å²) in [5, 5.41) is 8.69. The van der Waals surface area contributed by atoms with E-state index in [0.717, 1.165) is 13.1 Å². The highest BCUT2D eigenvalue weighted by atomic mass is 19.2. The second-order valence-corrected chi connectivity index (χ2v) is 6.02. The molecule has 0 N–H and O–H groups in total. The van der Waals surface area contributed by atoms with Crippen molar-refractivity contribution in [3.8, 4) is 6.07 Å². The Kier molecular flexibility index (Phi) is 3.96. The summed E-state index contributed by atoms with van der Waals surface area (Å²) in [6.45, 7) is 9.36. The van der Waals surface area contributed by atoms with Crippen LogP contribution in [0.15, 0.2) is 12.1 Å². The Morgan fingerprint density at radius 2 is 1.65 bits per heavy atom. The molecule has 1 saturated heterocycles. The van der Waals surface area contributed by atoms with Crippen LogP contribution in [0.3, 0.4) is 0 Å². The second-order valence-electron chi connectivity index (χ2n) is 6.02. The van der Waals surface area contributed by atoms with Crippen molar-refractivity contribution in [2.24, 2.45) is 0 Å². The Balaban J connectivity index is 2.16. The van der Waals surface area contributed by atoms with E-state index in [2.05, 4.69) is 25.7 Å². The Morgan fingerprint density at radius 1 is 1.05 bits per heavy atom. The maximum absolute atomic E-state index is 14.0. The van der Waals surface area contributed by atoms with Gasteiger partial charge < -0.3 is 4.90 Å². The van der Waals surface area contributed by atoms with Crippen LogP contribution in [0.5, 0.6) is 0 Å². The van der Waals surface area contributed by atoms with Gasteiger partial charge in [0.2, 0.25) is 0 Å². The molecule has 0 spiro atoms. The van der Waals surface area contributed by atoms with Crippen molar-refractivity contribution in [2.45, 2.75) is 26.3 Å². The summed E-state index contributed by atoms with van der Waals surface area (Å²) in [6, 6.07) is 4.48. The molecular weight excluding hydrogens is 260 g/mol. The molecule has 1 heterocycles. The highest BCUT2D eigenvalue weighted by Crippen LogP contribution is 2.26. The van der Waals surface area contributed by atoms with Crippen molar-refractivity contribution < 1.29 is 8.78 Å². The van der Waals surface area contributed by atoms with E-state index in [1.165, 1.54) is 12.1 Å². The Hall–Kier alpha value is -1.67. The fourth-order valence-corrected chi connectivity index (χ4v) is 2.49. The van der Waals surface area contributed by atoms with Crippen molar-refractivity contribution in [2.75, 3.05) is 31.1 Å². The molecule has 1 aliphatic rings. The maximum atomic E-state index is 14.0. The number of halogens is 2. The largest absolute Gasteiger partial charge is 0.367 e. The molecule has 1 aromatic carbocycles. The summed E-state index contributed by atoms with van der Waals surface area (Å²) in [5.41, 5.74) is 0.0789. The van der Waals surface area contributed by atoms with Crippen LogP contribution in [-0.4, -0.2) is 36.6 Å². The van der Waals surface area contributed by atoms with E-state index in [0.29, 0.717) is 13.1 Å². The first-order valence-corrected chi connectivity index (χ1v) is 6.72. The van der Waals surface area contributed by atoms with Gasteiger partial charge in [0.15, 0.2) is 11.6 Å². The molecule has 20 heavy (non-hydrogen) atoms. The summed E-state index contributed by atoms with van der Waals surface area (Å²) in [6.07, 6.45) is 0. The number of benzene rings is 1. The van der Waals surface area contributed by atoms with Crippen molar-refractivity contribution in [1.82, 2.24) is 4.90 Å². The van der Waals surface area contributed by atoms with Crippen molar-refractivity contribution >= 4 is 5.69 Å². The first-order chi connectivity index (χ1) is 9.34. The number of nitrogens with zero attached hydrogens (tertiary/aromatic N) is 3. The summed E-state index contributed by atoms with van der Waals surface area (Å²) in [7, 11) is 0. The van der Waals surface area contributed by atoms with Gasteiger partial charge in [-0.25, -0.2) is 8.78 Å². The predicted molar refractivity (Wildman–Crippen MR) is 74.6 cm³/mol. The predicted octanol–water partition coefficient (Wildman–Crippen LogP) is 2.76. The molecule has 5 heteroatoms. The van der Waals surface area contributed by atoms with E-state index in [1.807, 2.05) is 4.90 Å². The number of hydrogen-bond donors (Lipinski definition) is 0. The third kappa shape index (κ3) is 2.75. The number of rotatable bonds is 1. The van der Waals surface area contributed by atoms with Gasteiger partial charge in [-0.1, -0.05) is 0 Å². The first-order valence-electron chi connectivity index (χ1n) is 6.72. The lowest BCUT2D eigenvalue weighted by molar-refractivity contribution is 0.128. The third-order valence-corrected chi connectivity index (χ3v) is 3.75. The van der Waals surface area contributed by atoms with Crippen LogP contribution in [0.25, 0.3) is 0 Å². The Morgan fingerprint density at radius 3 is 2.15 bits per heavy atom. The molecule has 0 bridgehead atoms. The van der Waals surface area contributed by atoms with Gasteiger partial charge in [-0.05, 0) is 32.9 Å². The maximum Gasteiger partial charge on any atom is 0.183 e. The fraction of sp³-hybridized carbons (Fsp3) is 0.533. The molecule has 0 radical (unpaired) electrons. The minimum atomic E-state index is -1.05. The molecule has 0 unspecified atom stereocenters. The molecule has 0 aliphatic carbocycles. The number of nitriles is 1. The van der Waals surface area contributed by atoms with E-state index in [1.54, 1.807) is 6.07 Å². The molecule has 0 atom stereocenters. The molecule has 1 aromatic rings. The standard InChI is InChI=1S/C15H19F2N3/c1-15(2,3)20-8-6-19(7-9-20)12-5-4-11(10-18)13(16)14(12)17/h4-5H,6-9H2,1-3H3. The first kappa shape index (κ1) is 14.7. The van der Waals surface area contributed by atoms with Crippen LogP contribution in [0, 0.1) is 23.0 Å². The van der Waals surface area contributed by atoms with Crippen molar-refractivity contribution in [3.05, 3.63) is 29.3 Å². The zero-order chi connectivity index (χ0) is 14.9. The SMILES string of the molecule is CC(C)(C)N1CCN(c2ccc(C#N)c(F)c2F)CC1. The molecule has 2 rings (SSSR count). The normalized spacial score (nSPS) is 17.1. The minimum absolute atomic E-state index is 0.0839. The van der Waals surface area contributed by atoms with E-state index >= 15 is 0 Å². The smallest absolute Gasteiger partial charge is 0.183 e. The number of piperazine rings is 1. The zero-order valence-corrected chi connectivity index (χ0v) is 12.1. The van der Waals surface area contributed by atoms with Gasteiger partial charge in [-0.2, -0.15) is 5.26 Å². The second kappa shape index (κ2) is 5.37. The van der Waals surface area contributed by atoms with Crippen LogP contribution in [0.4, 0.5) is 14.5 Å². The van der Waals surface area contributed by atoms with Gasteiger partial charge in [-0.15, -0.1) is 0 Å². The van der Waals surface area contributed by atoms with Crippen LogP contribution in [-0.2, 0) is 0 Å². The van der Waals surface area contributed by atoms with E-state index < -0.39 is 11.6 Å². The average Bonchev–Trinajstić information content (AvgIpc) is 2.41. The molecule has 1 aliphatic heterocycles. The summed E-state index contributed by atoms with van der Waals surface area (Å²) < 4.78 is 27.6. The topological polar surface area (TPSA) is 30.3 Å². The monoisotopic (exact) mass is 279 g/mol. The zero-order valence-electron chi connectivity index (χ0n) is 12.1. The fourth-order valence-electron chi connectivity index (χ4n) is 2.49. The van der Waals surface area contributed by atoms with Gasteiger partial charge in [-0.3, -0.25) is 4.90 Å². The van der Waals surface area contributed by atoms with Crippen LogP contribution >= 0.6 is 0 Å². The van der Waals surface area contributed by atoms with Crippen LogP contribution in [0.1, 0.15) is 26.3 Å². The van der Waals surface area contributed by atoms with Gasteiger partial charge in [0.25, 0.3) is 0 Å². The van der Waals surface area contributed by atoms with Gasteiger partial charge in [0.05, 0.1) is 11.3 Å². The molecule has 0 amide bonds. The molecule has 3 nitrogen and oxygen atoms in total. The molecule has 1 fully saturated rings. The van der Waals surface area contributed by atoms with E-state index in [9.17, 15) is 8.78 Å². The highest BCUT2D eigenvalue weighted by Gasteiger charge is 2.27. The van der Waals surface area contributed by atoms with Gasteiger partial charge >= 0.3 is 0 Å². The van der Waals surface area contributed by atoms with Crippen molar-refractivity contribution in [3.63, 3.8) is 0 Å². The van der Waals surface area contributed by atoms with Gasteiger partial charge in [0.1, 0.15) is 6.07 Å². The summed E-state index contributed by atoms with van der Waals surface area (Å²) in [5.74, 6) is -1.98. The molecule has 0 aromatic heterocycles. The van der Waals surface area contributed by atoms with E-state index in [-0.39, 0.29) is 16.8 Å². The average molecular weight is 279 g/mol. The van der Waals surface area contributed by atoms with Crippen LogP contribution in [0.2, 0.25) is 0 Å². The Bertz CT molecular complexity index is 535. The molecule has 0 saturated carbocycles. The quantitative estimate of drug-likeness (QED) is 0.792. The lowest BCUT2D eigenvalue weighted by Gasteiger charge is -2.43. The summed E-state index contributed by atoms with van der Waals surface area (Å²) >= 11 is 0. The van der Waals surface area contributed by atoms with Crippen molar-refractivity contribution in [1.29, 1.82) is 5.26 Å². The minimum Gasteiger partial charge on any atom is -0.367 e. The summed E-state index contributed by atoms with van der Waals surface area (Å²) in [4.78, 5) is 4.16. The Labute approximate surface area is 118 Å². The third-order valence-electron chi connectivity index (χ3n) is 3.75. The molecule has 108 valence electrons. The number of anilines is 1. The number of hydrogen-bond acceptors (Lipinski definition) is 3. The lowest BCUT2D eigenvalue weighted by Crippen LogP contribution is -2.53. The van der Waals surface area contributed by atoms with Gasteiger partial charge in [0, 0.05) is 31.7 Å². The highest BCUT2D eigenvalue weighted by molar-refractivity contribution is 5.52.